The summed E-state index contributed by atoms with van der Waals surface area (Å²) in [7, 11) is 0. The zero-order valence-corrected chi connectivity index (χ0v) is 19.3. The van der Waals surface area contributed by atoms with Crippen molar-refractivity contribution in [3.05, 3.63) is 62.7 Å². The lowest BCUT2D eigenvalue weighted by atomic mass is 10.1. The summed E-state index contributed by atoms with van der Waals surface area (Å²) < 4.78 is 15.1. The quantitative estimate of drug-likeness (QED) is 0.0593. The third kappa shape index (κ3) is 14.5. The molecule has 0 heterocycles. The third-order valence-electron chi connectivity index (χ3n) is 3.89. The number of carbonyl (C=O) groups excluding carboxylic acids is 3. The molecule has 0 saturated heterocycles. The van der Waals surface area contributed by atoms with Gasteiger partial charge in [-0.2, -0.15) is 0 Å². The summed E-state index contributed by atoms with van der Waals surface area (Å²) in [5.74, 6) is -6.00. The summed E-state index contributed by atoms with van der Waals surface area (Å²) in [6, 6.07) is 0. The lowest BCUT2D eigenvalue weighted by molar-refractivity contribution is -0.172. The molecule has 0 aromatic heterocycles. The lowest BCUT2D eigenvalue weighted by Crippen LogP contribution is -2.38. The van der Waals surface area contributed by atoms with Crippen LogP contribution in [-0.4, -0.2) is 75.5 Å². The van der Waals surface area contributed by atoms with Crippen LogP contribution < -0.4 is 0 Å². The normalized spacial score (nSPS) is 12.3. The topological polar surface area (TPSA) is 371 Å². The van der Waals surface area contributed by atoms with Crippen LogP contribution in [0.1, 0.15) is 6.42 Å². The molecule has 0 radical (unpaired) electrons. The van der Waals surface area contributed by atoms with Crippen molar-refractivity contribution < 1.29 is 28.6 Å². The number of esters is 3. The van der Waals surface area contributed by atoms with Crippen molar-refractivity contribution in [3.8, 4) is 0 Å². The molecule has 0 amide bonds. The van der Waals surface area contributed by atoms with E-state index in [1.807, 2.05) is 0 Å². The summed E-state index contributed by atoms with van der Waals surface area (Å²) in [5, 5.41) is 19.2. The first kappa shape index (κ1) is 32.3. The number of nitrogens with zero attached hydrogens (tertiary/aromatic N) is 18. The lowest BCUT2D eigenvalue weighted by Gasteiger charge is -2.22. The highest BCUT2D eigenvalue weighted by molar-refractivity contribution is 5.98. The van der Waals surface area contributed by atoms with Gasteiger partial charge >= 0.3 is 17.9 Å². The Morgan fingerprint density at radius 1 is 0.500 bits per heavy atom. The van der Waals surface area contributed by atoms with E-state index in [2.05, 4.69) is 60.2 Å². The van der Waals surface area contributed by atoms with Crippen LogP contribution in [0, 0.1) is 5.92 Å². The standard InChI is InChI=1S/C14H18N18O6/c15-27-21-2-8(3-22-28-16)36-12(33)1-11(13(34)37-9(4-23-29-17)5-24-30-18)14(35)38-10(6-25-31-19)7-26-32-20/h8-11H,1-7H2. The molecule has 0 bridgehead atoms. The van der Waals surface area contributed by atoms with E-state index in [4.69, 9.17) is 47.4 Å². The van der Waals surface area contributed by atoms with Gasteiger partial charge in [0.25, 0.3) is 0 Å². The van der Waals surface area contributed by atoms with Crippen LogP contribution in [0.4, 0.5) is 0 Å². The Morgan fingerprint density at radius 3 is 1.03 bits per heavy atom. The minimum Gasteiger partial charge on any atom is -0.462 e. The van der Waals surface area contributed by atoms with Crippen LogP contribution in [-0.2, 0) is 28.6 Å². The van der Waals surface area contributed by atoms with Crippen LogP contribution in [0.15, 0.2) is 30.7 Å². The van der Waals surface area contributed by atoms with Gasteiger partial charge in [0.05, 0.1) is 45.7 Å². The van der Waals surface area contributed by atoms with Crippen LogP contribution in [0.2, 0.25) is 0 Å². The number of hydrogen-bond donors (Lipinski definition) is 0. The summed E-state index contributed by atoms with van der Waals surface area (Å²) in [5.41, 5.74) is 50.9. The van der Waals surface area contributed by atoms with E-state index in [0.29, 0.717) is 0 Å². The first-order valence-electron chi connectivity index (χ1n) is 10.0. The Hall–Kier alpha value is -5.73. The van der Waals surface area contributed by atoms with Gasteiger partial charge in [-0.15, -0.1) is 0 Å². The molecule has 200 valence electrons. The van der Waals surface area contributed by atoms with Crippen LogP contribution in [0.3, 0.4) is 0 Å². The third-order valence-corrected chi connectivity index (χ3v) is 3.89. The molecule has 0 unspecified atom stereocenters. The van der Waals surface area contributed by atoms with E-state index in [1.54, 1.807) is 0 Å². The minimum atomic E-state index is -2.03. The van der Waals surface area contributed by atoms with E-state index >= 15 is 0 Å². The van der Waals surface area contributed by atoms with Crippen molar-refractivity contribution in [3.63, 3.8) is 0 Å². The van der Waals surface area contributed by atoms with Gasteiger partial charge in [0.2, 0.25) is 0 Å². The number of hydrogen-bond acceptors (Lipinski definition) is 12. The molecule has 24 nitrogen and oxygen atoms in total. The molecule has 0 spiro atoms. The zero-order chi connectivity index (χ0) is 28.6. The van der Waals surface area contributed by atoms with Crippen molar-refractivity contribution in [1.82, 2.24) is 0 Å². The fourth-order valence-electron chi connectivity index (χ4n) is 2.32. The molecule has 0 aromatic carbocycles. The number of rotatable bonds is 19. The zero-order valence-electron chi connectivity index (χ0n) is 19.3. The maximum Gasteiger partial charge on any atom is 0.321 e. The van der Waals surface area contributed by atoms with Gasteiger partial charge < -0.3 is 14.2 Å². The van der Waals surface area contributed by atoms with Crippen molar-refractivity contribution >= 4 is 17.9 Å². The van der Waals surface area contributed by atoms with Gasteiger partial charge in [-0.1, -0.05) is 30.7 Å². The second kappa shape index (κ2) is 20.6. The predicted molar refractivity (Wildman–Crippen MR) is 122 cm³/mol. The van der Waals surface area contributed by atoms with E-state index in [-0.39, 0.29) is 0 Å². The van der Waals surface area contributed by atoms with Crippen molar-refractivity contribution in [2.24, 2.45) is 36.6 Å². The molecule has 0 aliphatic carbocycles. The second-order valence-electron chi connectivity index (χ2n) is 6.47. The summed E-state index contributed by atoms with van der Waals surface area (Å²) in [6.45, 7) is -2.87. The van der Waals surface area contributed by atoms with E-state index in [9.17, 15) is 14.4 Å². The van der Waals surface area contributed by atoms with Crippen LogP contribution in [0.5, 0.6) is 0 Å². The average molecular weight is 534 g/mol. The minimum absolute atomic E-state index is 0.443. The van der Waals surface area contributed by atoms with Gasteiger partial charge in [0, 0.05) is 29.5 Å². The molecule has 0 aliphatic rings. The molecule has 38 heavy (non-hydrogen) atoms. The van der Waals surface area contributed by atoms with Crippen molar-refractivity contribution in [2.45, 2.75) is 24.7 Å². The Kier molecular flexibility index (Phi) is 17.5. The fourth-order valence-corrected chi connectivity index (χ4v) is 2.32. The highest BCUT2D eigenvalue weighted by atomic mass is 16.6. The Labute approximate surface area is 210 Å². The highest BCUT2D eigenvalue weighted by Gasteiger charge is 2.36. The highest BCUT2D eigenvalue weighted by Crippen LogP contribution is 2.15. The first-order valence-corrected chi connectivity index (χ1v) is 10.0. The van der Waals surface area contributed by atoms with Crippen molar-refractivity contribution in [1.29, 1.82) is 0 Å². The van der Waals surface area contributed by atoms with Gasteiger partial charge in [-0.25, -0.2) is 0 Å². The van der Waals surface area contributed by atoms with Gasteiger partial charge in [-0.3, -0.25) is 14.4 Å². The smallest absolute Gasteiger partial charge is 0.321 e. The van der Waals surface area contributed by atoms with E-state index < -0.39 is 87.8 Å². The average Bonchev–Trinajstić information content (AvgIpc) is 2.91. The molecule has 0 rings (SSSR count). The molecular weight excluding hydrogens is 516 g/mol. The molecule has 0 aromatic rings. The van der Waals surface area contributed by atoms with Crippen LogP contribution in [0.25, 0.3) is 62.7 Å². The molecular formula is C14H18N18O6. The van der Waals surface area contributed by atoms with Gasteiger partial charge in [-0.05, 0) is 33.2 Å². The van der Waals surface area contributed by atoms with Gasteiger partial charge in [0.1, 0.15) is 18.3 Å². The number of ether oxygens (including phenoxy) is 3. The monoisotopic (exact) mass is 534 g/mol. The number of azide groups is 6. The SMILES string of the molecule is [N-]=[N+]=NCC(CN=[N+]=[N-])OC(=O)CC(C(=O)OC(CN=[N+]=[N-])CN=[N+]=[N-])C(=O)OC(CN=[N+]=[N-])CN=[N+]=[N-]. The molecule has 24 heteroatoms. The van der Waals surface area contributed by atoms with E-state index in [1.165, 1.54) is 0 Å². The molecule has 0 fully saturated rings. The summed E-state index contributed by atoms with van der Waals surface area (Å²) >= 11 is 0. The van der Waals surface area contributed by atoms with Crippen LogP contribution >= 0.6 is 0 Å². The van der Waals surface area contributed by atoms with E-state index in [0.717, 1.165) is 0 Å². The molecule has 0 aliphatic heterocycles. The predicted octanol–water partition coefficient (Wildman–Crippen LogP) is 3.59. The fraction of sp³-hybridized carbons (Fsp3) is 0.786. The first-order chi connectivity index (χ1) is 18.4. The molecule has 0 atom stereocenters. The largest absolute Gasteiger partial charge is 0.462 e. The summed E-state index contributed by atoms with van der Waals surface area (Å²) in [6.07, 6.45) is -4.91. The van der Waals surface area contributed by atoms with Crippen molar-refractivity contribution in [2.75, 3.05) is 39.3 Å². The summed E-state index contributed by atoms with van der Waals surface area (Å²) in [4.78, 5) is 53.0. The Bertz CT molecular complexity index is 1000. The Morgan fingerprint density at radius 2 is 0.763 bits per heavy atom. The maximum atomic E-state index is 12.8. The molecule has 0 N–H and O–H groups in total. The Balaban J connectivity index is 5.96. The maximum absolute atomic E-state index is 12.8. The number of carbonyl (C=O) groups is 3. The van der Waals surface area contributed by atoms with Gasteiger partial charge in [0.15, 0.2) is 5.92 Å². The second-order valence-corrected chi connectivity index (χ2v) is 6.47. The molecule has 0 saturated carbocycles.